The Bertz CT molecular complexity index is 396. The minimum Gasteiger partial charge on any atom is -0.507 e. The van der Waals surface area contributed by atoms with Gasteiger partial charge in [-0.05, 0) is 24.9 Å². The van der Waals surface area contributed by atoms with E-state index in [1.54, 1.807) is 0 Å². The van der Waals surface area contributed by atoms with Crippen molar-refractivity contribution in [3.63, 3.8) is 0 Å². The summed E-state index contributed by atoms with van der Waals surface area (Å²) in [5.41, 5.74) is 1.79. The first-order valence-electron chi connectivity index (χ1n) is 6.36. The number of rotatable bonds is 4. The molecule has 0 aromatic heterocycles. The van der Waals surface area contributed by atoms with Gasteiger partial charge in [-0.3, -0.25) is 4.90 Å². The predicted molar refractivity (Wildman–Crippen MR) is 74.6 cm³/mol. The molecule has 0 spiro atoms. The van der Waals surface area contributed by atoms with Crippen LogP contribution < -0.4 is 0 Å². The average molecular weight is 251 g/mol. The standard InChI is InChI=1S/C15H25NO2/c1-11-7-6-8-12(14(11)18)9-16(5)13(10-17)15(2,3)4/h6-8,13,17-18H,9-10H2,1-5H3. The van der Waals surface area contributed by atoms with Gasteiger partial charge in [0.15, 0.2) is 0 Å². The summed E-state index contributed by atoms with van der Waals surface area (Å²) in [6.07, 6.45) is 0. The molecule has 0 saturated heterocycles. The second-order valence-electron chi connectivity index (χ2n) is 6.06. The van der Waals surface area contributed by atoms with Crippen molar-refractivity contribution in [2.24, 2.45) is 5.41 Å². The fraction of sp³-hybridized carbons (Fsp3) is 0.600. The van der Waals surface area contributed by atoms with Crippen LogP contribution in [0.2, 0.25) is 0 Å². The lowest BCUT2D eigenvalue weighted by atomic mass is 9.86. The Balaban J connectivity index is 2.87. The first kappa shape index (κ1) is 15.0. The van der Waals surface area contributed by atoms with Crippen LogP contribution in [0.15, 0.2) is 18.2 Å². The van der Waals surface area contributed by atoms with Crippen LogP contribution in [0.1, 0.15) is 31.9 Å². The lowest BCUT2D eigenvalue weighted by molar-refractivity contribution is 0.0609. The van der Waals surface area contributed by atoms with Crippen LogP contribution in [0.5, 0.6) is 5.75 Å². The van der Waals surface area contributed by atoms with Gasteiger partial charge in [-0.25, -0.2) is 0 Å². The number of phenols is 1. The first-order chi connectivity index (χ1) is 8.27. The van der Waals surface area contributed by atoms with Crippen LogP contribution in [0.3, 0.4) is 0 Å². The molecule has 1 rings (SSSR count). The lowest BCUT2D eigenvalue weighted by Crippen LogP contribution is -2.43. The number of aliphatic hydroxyl groups excluding tert-OH is 1. The van der Waals surface area contributed by atoms with Crippen LogP contribution in [0.25, 0.3) is 0 Å². The SMILES string of the molecule is Cc1cccc(CN(C)C(CO)C(C)(C)C)c1O. The molecule has 3 heteroatoms. The maximum atomic E-state index is 10.0. The van der Waals surface area contributed by atoms with Crippen molar-refractivity contribution in [1.82, 2.24) is 4.90 Å². The molecular formula is C15H25NO2. The van der Waals surface area contributed by atoms with Crippen molar-refractivity contribution in [2.45, 2.75) is 40.3 Å². The topological polar surface area (TPSA) is 43.7 Å². The summed E-state index contributed by atoms with van der Waals surface area (Å²) in [4.78, 5) is 2.09. The van der Waals surface area contributed by atoms with Crippen LogP contribution in [-0.2, 0) is 6.54 Å². The van der Waals surface area contributed by atoms with E-state index in [9.17, 15) is 10.2 Å². The highest BCUT2D eigenvalue weighted by Gasteiger charge is 2.27. The Labute approximate surface area is 110 Å². The molecule has 0 heterocycles. The Morgan fingerprint density at radius 2 is 1.89 bits per heavy atom. The summed E-state index contributed by atoms with van der Waals surface area (Å²) in [6, 6.07) is 5.84. The van der Waals surface area contributed by atoms with Gasteiger partial charge in [-0.15, -0.1) is 0 Å². The minimum absolute atomic E-state index is 0.00292. The smallest absolute Gasteiger partial charge is 0.122 e. The number of para-hydroxylation sites is 1. The van der Waals surface area contributed by atoms with E-state index in [4.69, 9.17) is 0 Å². The zero-order valence-corrected chi connectivity index (χ0v) is 12.1. The second kappa shape index (κ2) is 5.72. The van der Waals surface area contributed by atoms with Gasteiger partial charge in [0.05, 0.1) is 6.61 Å². The Morgan fingerprint density at radius 1 is 1.28 bits per heavy atom. The number of aliphatic hydroxyl groups is 1. The number of hydrogen-bond acceptors (Lipinski definition) is 3. The summed E-state index contributed by atoms with van der Waals surface area (Å²) in [5.74, 6) is 0.356. The predicted octanol–water partition coefficient (Wildman–Crippen LogP) is 2.54. The zero-order valence-electron chi connectivity index (χ0n) is 12.1. The van der Waals surface area contributed by atoms with Gasteiger partial charge in [0.25, 0.3) is 0 Å². The second-order valence-corrected chi connectivity index (χ2v) is 6.06. The van der Waals surface area contributed by atoms with Crippen molar-refractivity contribution in [2.75, 3.05) is 13.7 Å². The van der Waals surface area contributed by atoms with Crippen LogP contribution in [0, 0.1) is 12.3 Å². The van der Waals surface area contributed by atoms with E-state index in [1.807, 2.05) is 32.2 Å². The number of aromatic hydroxyl groups is 1. The molecule has 0 bridgehead atoms. The van der Waals surface area contributed by atoms with Crippen LogP contribution >= 0.6 is 0 Å². The third-order valence-electron chi connectivity index (χ3n) is 3.45. The van der Waals surface area contributed by atoms with Crippen molar-refractivity contribution < 1.29 is 10.2 Å². The van der Waals surface area contributed by atoms with Gasteiger partial charge in [0, 0.05) is 18.2 Å². The highest BCUT2D eigenvalue weighted by Crippen LogP contribution is 2.27. The molecule has 3 nitrogen and oxygen atoms in total. The Morgan fingerprint density at radius 3 is 2.39 bits per heavy atom. The fourth-order valence-electron chi connectivity index (χ4n) is 2.30. The maximum Gasteiger partial charge on any atom is 0.122 e. The summed E-state index contributed by atoms with van der Waals surface area (Å²) in [6.45, 7) is 8.98. The quantitative estimate of drug-likeness (QED) is 0.864. The molecule has 0 aliphatic rings. The van der Waals surface area contributed by atoms with Crippen LogP contribution in [0.4, 0.5) is 0 Å². The fourth-order valence-corrected chi connectivity index (χ4v) is 2.30. The van der Waals surface area contributed by atoms with Gasteiger partial charge in [0.1, 0.15) is 5.75 Å². The van der Waals surface area contributed by atoms with E-state index in [2.05, 4.69) is 25.7 Å². The van der Waals surface area contributed by atoms with E-state index < -0.39 is 0 Å². The van der Waals surface area contributed by atoms with Gasteiger partial charge in [0.2, 0.25) is 0 Å². The normalized spacial score (nSPS) is 13.9. The largest absolute Gasteiger partial charge is 0.507 e. The van der Waals surface area contributed by atoms with E-state index >= 15 is 0 Å². The van der Waals surface area contributed by atoms with Gasteiger partial charge < -0.3 is 10.2 Å². The van der Waals surface area contributed by atoms with E-state index in [1.165, 1.54) is 0 Å². The molecule has 1 aromatic carbocycles. The highest BCUT2D eigenvalue weighted by molar-refractivity contribution is 5.39. The number of phenolic OH excluding ortho intramolecular Hbond substituents is 1. The number of nitrogens with zero attached hydrogens (tertiary/aromatic N) is 1. The van der Waals surface area contributed by atoms with Crippen molar-refractivity contribution >= 4 is 0 Å². The molecule has 102 valence electrons. The van der Waals surface area contributed by atoms with Crippen molar-refractivity contribution in [1.29, 1.82) is 0 Å². The van der Waals surface area contributed by atoms with E-state index in [0.717, 1.165) is 11.1 Å². The van der Waals surface area contributed by atoms with Gasteiger partial charge >= 0.3 is 0 Å². The number of aryl methyl sites for hydroxylation is 1. The molecular weight excluding hydrogens is 226 g/mol. The van der Waals surface area contributed by atoms with Gasteiger partial charge in [-0.1, -0.05) is 39.0 Å². The molecule has 0 fully saturated rings. The van der Waals surface area contributed by atoms with Crippen molar-refractivity contribution in [3.8, 4) is 5.75 Å². The average Bonchev–Trinajstić information content (AvgIpc) is 2.23. The van der Waals surface area contributed by atoms with Crippen molar-refractivity contribution in [3.05, 3.63) is 29.3 Å². The summed E-state index contributed by atoms with van der Waals surface area (Å²) < 4.78 is 0. The molecule has 1 aromatic rings. The van der Waals surface area contributed by atoms with E-state index in [0.29, 0.717) is 12.3 Å². The minimum atomic E-state index is 0.00292. The number of benzene rings is 1. The molecule has 2 N–H and O–H groups in total. The highest BCUT2D eigenvalue weighted by atomic mass is 16.3. The molecule has 18 heavy (non-hydrogen) atoms. The molecule has 0 saturated carbocycles. The lowest BCUT2D eigenvalue weighted by Gasteiger charge is -2.37. The monoisotopic (exact) mass is 251 g/mol. The Kier molecular flexibility index (Phi) is 4.77. The molecule has 0 radical (unpaired) electrons. The van der Waals surface area contributed by atoms with Crippen LogP contribution in [-0.4, -0.2) is 34.8 Å². The third-order valence-corrected chi connectivity index (χ3v) is 3.45. The summed E-state index contributed by atoms with van der Waals surface area (Å²) >= 11 is 0. The molecule has 0 aliphatic carbocycles. The number of hydrogen-bond donors (Lipinski definition) is 2. The maximum absolute atomic E-state index is 10.0. The van der Waals surface area contributed by atoms with E-state index in [-0.39, 0.29) is 18.1 Å². The third kappa shape index (κ3) is 3.47. The molecule has 1 atom stereocenters. The zero-order chi connectivity index (χ0) is 13.9. The summed E-state index contributed by atoms with van der Waals surface area (Å²) in [5, 5.41) is 19.5. The molecule has 1 unspecified atom stereocenters. The first-order valence-corrected chi connectivity index (χ1v) is 6.36. The molecule has 0 aliphatic heterocycles. The Hall–Kier alpha value is -1.06. The molecule has 0 amide bonds. The van der Waals surface area contributed by atoms with Gasteiger partial charge in [-0.2, -0.15) is 0 Å². The number of likely N-dealkylation sites (N-methyl/N-ethyl adjacent to an activating group) is 1. The summed E-state index contributed by atoms with van der Waals surface area (Å²) in [7, 11) is 1.98.